The van der Waals surface area contributed by atoms with E-state index in [0.717, 1.165) is 0 Å². The average molecular weight is 371 g/mol. The maximum absolute atomic E-state index is 12.3. The van der Waals surface area contributed by atoms with Gasteiger partial charge in [0.15, 0.2) is 12.4 Å². The molecule has 0 spiro atoms. The van der Waals surface area contributed by atoms with Crippen LogP contribution in [0.15, 0.2) is 48.5 Å². The predicted molar refractivity (Wildman–Crippen MR) is 96.8 cm³/mol. The van der Waals surface area contributed by atoms with Gasteiger partial charge in [0.1, 0.15) is 0 Å². The molecule has 3 rings (SSSR count). The number of fused-ring (bicyclic) bond motifs is 1. The van der Waals surface area contributed by atoms with Gasteiger partial charge in [0.05, 0.1) is 17.5 Å². The summed E-state index contributed by atoms with van der Waals surface area (Å²) in [5.41, 5.74) is 0.998. The third kappa shape index (κ3) is 3.97. The number of halogens is 1. The number of ketones is 1. The second-order valence-corrected chi connectivity index (χ2v) is 5.75. The van der Waals surface area contributed by atoms with Gasteiger partial charge in [-0.2, -0.15) is 4.98 Å². The van der Waals surface area contributed by atoms with Gasteiger partial charge < -0.3 is 9.47 Å². The van der Waals surface area contributed by atoms with Crippen molar-refractivity contribution < 1.29 is 19.1 Å². The molecule has 0 saturated heterocycles. The molecule has 26 heavy (non-hydrogen) atoms. The lowest BCUT2D eigenvalue weighted by Crippen LogP contribution is -2.15. The number of Topliss-reactive ketones (excluding diaryl/α,β-unsaturated/α-hetero) is 1. The molecule has 0 bridgehead atoms. The van der Waals surface area contributed by atoms with E-state index in [0.29, 0.717) is 21.5 Å². The van der Waals surface area contributed by atoms with Crippen LogP contribution in [0.3, 0.4) is 0 Å². The Morgan fingerprint density at radius 2 is 1.77 bits per heavy atom. The van der Waals surface area contributed by atoms with Gasteiger partial charge >= 0.3 is 5.97 Å². The minimum absolute atomic E-state index is 0.112. The van der Waals surface area contributed by atoms with Crippen LogP contribution in [0.1, 0.15) is 27.9 Å². The molecule has 0 aliphatic heterocycles. The number of ether oxygens (including phenoxy) is 2. The van der Waals surface area contributed by atoms with Gasteiger partial charge in [-0.05, 0) is 43.3 Å². The summed E-state index contributed by atoms with van der Waals surface area (Å²) in [6.07, 6.45) is 0. The van der Waals surface area contributed by atoms with Crippen LogP contribution in [-0.4, -0.2) is 34.9 Å². The van der Waals surface area contributed by atoms with Crippen molar-refractivity contribution in [2.45, 2.75) is 6.92 Å². The molecule has 1 aromatic heterocycles. The first-order valence-corrected chi connectivity index (χ1v) is 8.31. The summed E-state index contributed by atoms with van der Waals surface area (Å²) in [6.45, 7) is 1.67. The molecule has 0 amide bonds. The highest BCUT2D eigenvalue weighted by Crippen LogP contribution is 2.23. The largest absolute Gasteiger partial charge is 0.469 e. The van der Waals surface area contributed by atoms with Gasteiger partial charge in [-0.25, -0.2) is 9.78 Å². The number of aromatic nitrogens is 2. The normalized spacial score (nSPS) is 10.5. The Morgan fingerprint density at radius 3 is 2.50 bits per heavy atom. The van der Waals surface area contributed by atoms with Gasteiger partial charge in [0.2, 0.25) is 11.7 Å². The van der Waals surface area contributed by atoms with Crippen LogP contribution in [0.5, 0.6) is 5.88 Å². The van der Waals surface area contributed by atoms with Crippen molar-refractivity contribution in [2.75, 3.05) is 13.2 Å². The highest BCUT2D eigenvalue weighted by molar-refractivity contribution is 6.30. The van der Waals surface area contributed by atoms with Crippen LogP contribution >= 0.6 is 11.6 Å². The Hall–Kier alpha value is -2.99. The molecule has 0 N–H and O–H groups in total. The first kappa shape index (κ1) is 17.8. The van der Waals surface area contributed by atoms with Crippen LogP contribution in [0, 0.1) is 0 Å². The highest BCUT2D eigenvalue weighted by Gasteiger charge is 2.17. The lowest BCUT2D eigenvalue weighted by molar-refractivity contribution is 0.0511. The fourth-order valence-electron chi connectivity index (χ4n) is 2.30. The molecular weight excluding hydrogens is 356 g/mol. The average Bonchev–Trinajstić information content (AvgIpc) is 2.66. The zero-order chi connectivity index (χ0) is 18.5. The Bertz CT molecular complexity index is 957. The minimum Gasteiger partial charge on any atom is -0.469 e. The SMILES string of the molecule is CCOC(=O)c1nc(OCC(=O)c2ccc(Cl)cc2)c2ccccc2n1. The van der Waals surface area contributed by atoms with Gasteiger partial charge in [0.25, 0.3) is 0 Å². The second kappa shape index (κ2) is 7.93. The van der Waals surface area contributed by atoms with Crippen molar-refractivity contribution in [1.82, 2.24) is 9.97 Å². The fourth-order valence-corrected chi connectivity index (χ4v) is 2.42. The summed E-state index contributed by atoms with van der Waals surface area (Å²) in [7, 11) is 0. The summed E-state index contributed by atoms with van der Waals surface area (Å²) in [5.74, 6) is -0.838. The lowest BCUT2D eigenvalue weighted by atomic mass is 10.1. The number of nitrogens with zero attached hydrogens (tertiary/aromatic N) is 2. The number of carbonyl (C=O) groups is 2. The second-order valence-electron chi connectivity index (χ2n) is 5.31. The smallest absolute Gasteiger partial charge is 0.376 e. The van der Waals surface area contributed by atoms with E-state index in [2.05, 4.69) is 9.97 Å². The van der Waals surface area contributed by atoms with E-state index in [1.165, 1.54) is 0 Å². The summed E-state index contributed by atoms with van der Waals surface area (Å²) >= 11 is 5.82. The van der Waals surface area contributed by atoms with Crippen molar-refractivity contribution in [3.05, 3.63) is 64.9 Å². The van der Waals surface area contributed by atoms with E-state index in [4.69, 9.17) is 21.1 Å². The third-order valence-corrected chi connectivity index (χ3v) is 3.78. The first-order chi connectivity index (χ1) is 12.6. The summed E-state index contributed by atoms with van der Waals surface area (Å²) in [4.78, 5) is 32.5. The maximum Gasteiger partial charge on any atom is 0.376 e. The zero-order valence-corrected chi connectivity index (χ0v) is 14.7. The number of rotatable bonds is 6. The van der Waals surface area contributed by atoms with Crippen molar-refractivity contribution in [3.63, 3.8) is 0 Å². The van der Waals surface area contributed by atoms with Gasteiger partial charge in [0, 0.05) is 10.6 Å². The molecule has 0 unspecified atom stereocenters. The molecule has 2 aromatic carbocycles. The van der Waals surface area contributed by atoms with Crippen LogP contribution in [0.4, 0.5) is 0 Å². The molecule has 6 nitrogen and oxygen atoms in total. The standard InChI is InChI=1S/C19H15ClN2O4/c1-2-25-19(24)17-21-15-6-4-3-5-14(15)18(22-17)26-11-16(23)12-7-9-13(20)10-8-12/h3-10H,2,11H2,1H3. The van der Waals surface area contributed by atoms with Crippen molar-refractivity contribution in [1.29, 1.82) is 0 Å². The number of hydrogen-bond donors (Lipinski definition) is 0. The molecule has 1 heterocycles. The molecule has 0 atom stereocenters. The molecule has 0 saturated carbocycles. The van der Waals surface area contributed by atoms with Crippen molar-refractivity contribution in [2.24, 2.45) is 0 Å². The van der Waals surface area contributed by atoms with Crippen molar-refractivity contribution in [3.8, 4) is 5.88 Å². The van der Waals surface area contributed by atoms with Crippen molar-refractivity contribution >= 4 is 34.3 Å². The number of hydrogen-bond acceptors (Lipinski definition) is 6. The number of benzene rings is 2. The van der Waals surface area contributed by atoms with E-state index in [1.54, 1.807) is 55.5 Å². The van der Waals surface area contributed by atoms with Crippen LogP contribution in [0.25, 0.3) is 10.9 Å². The summed E-state index contributed by atoms with van der Waals surface area (Å²) in [5, 5.41) is 1.15. The van der Waals surface area contributed by atoms with E-state index in [1.807, 2.05) is 0 Å². The quantitative estimate of drug-likeness (QED) is 0.486. The van der Waals surface area contributed by atoms with E-state index in [-0.39, 0.29) is 30.7 Å². The predicted octanol–water partition coefficient (Wildman–Crippen LogP) is 3.72. The van der Waals surface area contributed by atoms with Crippen LogP contribution in [0.2, 0.25) is 5.02 Å². The highest BCUT2D eigenvalue weighted by atomic mass is 35.5. The maximum atomic E-state index is 12.3. The van der Waals surface area contributed by atoms with E-state index < -0.39 is 5.97 Å². The molecular formula is C19H15ClN2O4. The minimum atomic E-state index is -0.646. The molecule has 132 valence electrons. The molecule has 0 fully saturated rings. The van der Waals surface area contributed by atoms with Gasteiger partial charge in [-0.3, -0.25) is 4.79 Å². The molecule has 0 aliphatic rings. The number of esters is 1. The van der Waals surface area contributed by atoms with E-state index >= 15 is 0 Å². The topological polar surface area (TPSA) is 78.4 Å². The molecule has 7 heteroatoms. The first-order valence-electron chi connectivity index (χ1n) is 7.94. The Kier molecular flexibility index (Phi) is 5.43. The van der Waals surface area contributed by atoms with Crippen LogP contribution < -0.4 is 4.74 Å². The van der Waals surface area contributed by atoms with E-state index in [9.17, 15) is 9.59 Å². The number of para-hydroxylation sites is 1. The summed E-state index contributed by atoms with van der Waals surface area (Å²) < 4.78 is 10.5. The Balaban J connectivity index is 1.87. The fraction of sp³-hybridized carbons (Fsp3) is 0.158. The molecule has 0 radical (unpaired) electrons. The molecule has 0 aliphatic carbocycles. The number of carbonyl (C=O) groups excluding carboxylic acids is 2. The summed E-state index contributed by atoms with van der Waals surface area (Å²) in [6, 6.07) is 13.6. The molecule has 3 aromatic rings. The lowest BCUT2D eigenvalue weighted by Gasteiger charge is -2.09. The van der Waals surface area contributed by atoms with Crippen LogP contribution in [-0.2, 0) is 4.74 Å². The third-order valence-electron chi connectivity index (χ3n) is 3.53. The zero-order valence-electron chi connectivity index (χ0n) is 13.9. The Morgan fingerprint density at radius 1 is 1.04 bits per heavy atom. The monoisotopic (exact) mass is 370 g/mol. The van der Waals surface area contributed by atoms with Gasteiger partial charge in [-0.15, -0.1) is 0 Å². The Labute approximate surface area is 154 Å². The van der Waals surface area contributed by atoms with Gasteiger partial charge in [-0.1, -0.05) is 23.7 Å².